The van der Waals surface area contributed by atoms with Crippen molar-refractivity contribution >= 4 is 40.7 Å². The van der Waals surface area contributed by atoms with Crippen LogP contribution in [0.25, 0.3) is 0 Å². The van der Waals surface area contributed by atoms with Crippen molar-refractivity contribution in [3.05, 3.63) is 64.7 Å². The van der Waals surface area contributed by atoms with Crippen LogP contribution in [-0.4, -0.2) is 11.8 Å². The van der Waals surface area contributed by atoms with Gasteiger partial charge in [-0.3, -0.25) is 14.5 Å². The van der Waals surface area contributed by atoms with Gasteiger partial charge in [-0.2, -0.15) is 0 Å². The maximum absolute atomic E-state index is 12.9. The molecule has 0 radical (unpaired) electrons. The van der Waals surface area contributed by atoms with E-state index in [-0.39, 0.29) is 35.5 Å². The second kappa shape index (κ2) is 6.11. The van der Waals surface area contributed by atoms with Crippen LogP contribution in [0.3, 0.4) is 0 Å². The molecule has 1 heterocycles. The first-order valence-electron chi connectivity index (χ1n) is 8.82. The van der Waals surface area contributed by atoms with Crippen molar-refractivity contribution in [3.8, 4) is 11.5 Å². The van der Waals surface area contributed by atoms with E-state index in [1.807, 2.05) is 0 Å². The highest BCUT2D eigenvalue weighted by Gasteiger charge is 2.59. The average molecular weight is 400 g/mol. The molecule has 6 heteroatoms. The lowest BCUT2D eigenvalue weighted by Gasteiger charge is -2.17. The van der Waals surface area contributed by atoms with Gasteiger partial charge in [0, 0.05) is 5.02 Å². The summed E-state index contributed by atoms with van der Waals surface area (Å²) in [5.74, 6) is 0.885. The molecule has 2 aromatic carbocycles. The maximum Gasteiger partial charge on any atom is 0.238 e. The van der Waals surface area contributed by atoms with Gasteiger partial charge < -0.3 is 4.74 Å². The number of ether oxygens (including phenoxy) is 1. The summed E-state index contributed by atoms with van der Waals surface area (Å²) >= 11 is 12.0. The van der Waals surface area contributed by atoms with Gasteiger partial charge in [0.2, 0.25) is 11.8 Å². The fourth-order valence-corrected chi connectivity index (χ4v) is 4.95. The minimum atomic E-state index is -0.198. The predicted molar refractivity (Wildman–Crippen MR) is 103 cm³/mol. The molecular weight excluding hydrogens is 385 g/mol. The Bertz CT molecular complexity index is 955. The number of rotatable bonds is 3. The molecule has 2 aliphatic carbocycles. The highest BCUT2D eigenvalue weighted by Crippen LogP contribution is 2.53. The van der Waals surface area contributed by atoms with Gasteiger partial charge >= 0.3 is 0 Å². The number of nitrogens with zero attached hydrogens (tertiary/aromatic N) is 1. The number of amides is 2. The van der Waals surface area contributed by atoms with Gasteiger partial charge in [-0.05, 0) is 60.7 Å². The van der Waals surface area contributed by atoms with Gasteiger partial charge in [-0.1, -0.05) is 35.4 Å². The van der Waals surface area contributed by atoms with Gasteiger partial charge in [0.1, 0.15) is 11.5 Å². The molecule has 1 saturated heterocycles. The highest BCUT2D eigenvalue weighted by molar-refractivity contribution is 6.35. The van der Waals surface area contributed by atoms with Crippen molar-refractivity contribution < 1.29 is 14.3 Å². The summed E-state index contributed by atoms with van der Waals surface area (Å²) in [6.07, 6.45) is 5.11. The predicted octanol–water partition coefficient (Wildman–Crippen LogP) is 5.10. The molecular formula is C21H15Cl2NO3. The molecule has 2 fully saturated rings. The molecule has 2 amide bonds. The minimum absolute atomic E-state index is 0.0868. The molecule has 27 heavy (non-hydrogen) atoms. The highest BCUT2D eigenvalue weighted by atomic mass is 35.5. The Morgan fingerprint density at radius 2 is 1.52 bits per heavy atom. The van der Waals surface area contributed by atoms with E-state index >= 15 is 0 Å². The van der Waals surface area contributed by atoms with Crippen LogP contribution in [0.2, 0.25) is 10.0 Å². The quantitative estimate of drug-likeness (QED) is 0.532. The Hall–Kier alpha value is -2.30. The number of halogens is 2. The lowest BCUT2D eigenvalue weighted by molar-refractivity contribution is -0.123. The zero-order chi connectivity index (χ0) is 18.7. The van der Waals surface area contributed by atoms with E-state index in [1.165, 1.54) is 4.90 Å². The van der Waals surface area contributed by atoms with E-state index < -0.39 is 0 Å². The largest absolute Gasteiger partial charge is 0.456 e. The molecule has 0 spiro atoms. The van der Waals surface area contributed by atoms with Gasteiger partial charge in [-0.25, -0.2) is 0 Å². The molecule has 3 aliphatic rings. The van der Waals surface area contributed by atoms with E-state index in [2.05, 4.69) is 12.2 Å². The van der Waals surface area contributed by atoms with Crippen LogP contribution in [0.5, 0.6) is 11.5 Å². The molecule has 4 nitrogen and oxygen atoms in total. The topological polar surface area (TPSA) is 46.6 Å². The van der Waals surface area contributed by atoms with E-state index in [1.54, 1.807) is 42.5 Å². The van der Waals surface area contributed by atoms with Crippen LogP contribution < -0.4 is 9.64 Å². The molecule has 1 saturated carbocycles. The Morgan fingerprint density at radius 3 is 2.11 bits per heavy atom. The Morgan fingerprint density at radius 1 is 0.889 bits per heavy atom. The smallest absolute Gasteiger partial charge is 0.238 e. The van der Waals surface area contributed by atoms with Crippen molar-refractivity contribution in [2.75, 3.05) is 4.90 Å². The summed E-state index contributed by atoms with van der Waals surface area (Å²) < 4.78 is 5.77. The summed E-state index contributed by atoms with van der Waals surface area (Å²) in [6, 6.07) is 11.9. The van der Waals surface area contributed by atoms with Crippen LogP contribution in [0.15, 0.2) is 54.6 Å². The number of allylic oxidation sites excluding steroid dienone is 2. The third-order valence-electron chi connectivity index (χ3n) is 5.69. The van der Waals surface area contributed by atoms with Crippen LogP contribution in [0.4, 0.5) is 5.69 Å². The fourth-order valence-electron chi connectivity index (χ4n) is 4.51. The molecule has 4 unspecified atom stereocenters. The third-order valence-corrected chi connectivity index (χ3v) is 6.22. The molecule has 2 aromatic rings. The van der Waals surface area contributed by atoms with Crippen molar-refractivity contribution in [3.63, 3.8) is 0 Å². The van der Waals surface area contributed by atoms with Crippen LogP contribution in [-0.2, 0) is 9.59 Å². The number of fused-ring (bicyclic) bond motifs is 5. The molecule has 0 N–H and O–H groups in total. The first-order valence-corrected chi connectivity index (χ1v) is 9.57. The van der Waals surface area contributed by atoms with Crippen molar-refractivity contribution in [2.24, 2.45) is 23.7 Å². The standard InChI is InChI=1S/C21H15Cl2NO3/c22-13-3-8-17(16(23)10-13)27-15-6-4-14(5-7-15)24-20(25)18-11-1-2-12(9-11)19(18)21(24)26/h1-8,10-12,18-19H,9H2. The third kappa shape index (κ3) is 2.59. The summed E-state index contributed by atoms with van der Waals surface area (Å²) in [7, 11) is 0. The first kappa shape index (κ1) is 16.8. The zero-order valence-electron chi connectivity index (χ0n) is 14.1. The number of hydrogen-bond donors (Lipinski definition) is 0. The number of carbonyl (C=O) groups is 2. The maximum atomic E-state index is 12.9. The Labute approximate surface area is 166 Å². The Balaban J connectivity index is 1.38. The average Bonchev–Trinajstić information content (AvgIpc) is 3.32. The number of imide groups is 1. The number of hydrogen-bond acceptors (Lipinski definition) is 3. The van der Waals surface area contributed by atoms with E-state index in [4.69, 9.17) is 27.9 Å². The van der Waals surface area contributed by atoms with Crippen LogP contribution in [0.1, 0.15) is 6.42 Å². The zero-order valence-corrected chi connectivity index (χ0v) is 15.7. The number of anilines is 1. The van der Waals surface area contributed by atoms with Gasteiger partial charge in [0.05, 0.1) is 22.5 Å². The van der Waals surface area contributed by atoms with E-state index in [9.17, 15) is 9.59 Å². The first-order chi connectivity index (χ1) is 13.0. The van der Waals surface area contributed by atoms with Crippen LogP contribution >= 0.6 is 23.2 Å². The molecule has 136 valence electrons. The fraction of sp³-hybridized carbons (Fsp3) is 0.238. The van der Waals surface area contributed by atoms with Crippen LogP contribution in [0, 0.1) is 23.7 Å². The number of benzene rings is 2. The Kier molecular flexibility index (Phi) is 3.81. The van der Waals surface area contributed by atoms with E-state index in [0.717, 1.165) is 6.42 Å². The lowest BCUT2D eigenvalue weighted by Crippen LogP contribution is -2.32. The summed E-state index contributed by atoms with van der Waals surface area (Å²) in [4.78, 5) is 27.0. The molecule has 0 aromatic heterocycles. The second-order valence-corrected chi connectivity index (χ2v) is 8.03. The number of carbonyl (C=O) groups excluding carboxylic acids is 2. The van der Waals surface area contributed by atoms with Gasteiger partial charge in [0.15, 0.2) is 0 Å². The van der Waals surface area contributed by atoms with Crippen molar-refractivity contribution in [2.45, 2.75) is 6.42 Å². The molecule has 5 rings (SSSR count). The molecule has 4 atom stereocenters. The SMILES string of the molecule is O=C1C2C3C=CC(C3)C2C(=O)N1c1ccc(Oc2ccc(Cl)cc2Cl)cc1. The summed E-state index contributed by atoms with van der Waals surface area (Å²) in [5.41, 5.74) is 0.577. The molecule has 1 aliphatic heterocycles. The monoisotopic (exact) mass is 399 g/mol. The second-order valence-electron chi connectivity index (χ2n) is 7.18. The molecule has 2 bridgehead atoms. The van der Waals surface area contributed by atoms with Gasteiger partial charge in [0.25, 0.3) is 0 Å². The minimum Gasteiger partial charge on any atom is -0.456 e. The normalized spacial score (nSPS) is 28.1. The van der Waals surface area contributed by atoms with Crippen molar-refractivity contribution in [1.82, 2.24) is 0 Å². The summed E-state index contributed by atoms with van der Waals surface area (Å²) in [5, 5.41) is 0.940. The summed E-state index contributed by atoms with van der Waals surface area (Å²) in [6.45, 7) is 0. The van der Waals surface area contributed by atoms with E-state index in [0.29, 0.717) is 27.2 Å². The van der Waals surface area contributed by atoms with Crippen molar-refractivity contribution in [1.29, 1.82) is 0 Å². The lowest BCUT2D eigenvalue weighted by atomic mass is 9.85. The van der Waals surface area contributed by atoms with Gasteiger partial charge in [-0.15, -0.1) is 0 Å².